The highest BCUT2D eigenvalue weighted by Crippen LogP contribution is 2.29. The predicted octanol–water partition coefficient (Wildman–Crippen LogP) is 2.92. The number of pyridine rings is 1. The van der Waals surface area contributed by atoms with E-state index in [1.165, 1.54) is 11.1 Å². The van der Waals surface area contributed by atoms with Gasteiger partial charge in [0.1, 0.15) is 0 Å². The molecular formula is C20H22N4O. The zero-order valence-electron chi connectivity index (χ0n) is 14.3. The Morgan fingerprint density at radius 3 is 2.80 bits per heavy atom. The van der Waals surface area contributed by atoms with Crippen LogP contribution in [0.15, 0.2) is 55.0 Å². The van der Waals surface area contributed by atoms with E-state index in [0.717, 1.165) is 42.9 Å². The molecule has 0 radical (unpaired) electrons. The lowest BCUT2D eigenvalue weighted by atomic mass is 10.0. The summed E-state index contributed by atoms with van der Waals surface area (Å²) in [6.07, 6.45) is 6.05. The number of aromatic nitrogens is 3. The predicted molar refractivity (Wildman–Crippen MR) is 96.6 cm³/mol. The molecule has 2 aromatic heterocycles. The van der Waals surface area contributed by atoms with E-state index in [4.69, 9.17) is 0 Å². The third-order valence-corrected chi connectivity index (χ3v) is 4.78. The van der Waals surface area contributed by atoms with E-state index >= 15 is 0 Å². The molecule has 1 atom stereocenters. The van der Waals surface area contributed by atoms with Crippen molar-refractivity contribution in [2.75, 3.05) is 6.54 Å². The van der Waals surface area contributed by atoms with Gasteiger partial charge in [-0.1, -0.05) is 24.3 Å². The van der Waals surface area contributed by atoms with E-state index in [0.29, 0.717) is 0 Å². The van der Waals surface area contributed by atoms with Gasteiger partial charge in [0, 0.05) is 56.4 Å². The fraction of sp³-hybridized carbons (Fsp3) is 0.300. The van der Waals surface area contributed by atoms with Gasteiger partial charge in [0.15, 0.2) is 0 Å². The molecule has 5 heteroatoms. The first kappa shape index (κ1) is 16.0. The van der Waals surface area contributed by atoms with Crippen molar-refractivity contribution >= 4 is 0 Å². The highest BCUT2D eigenvalue weighted by Gasteiger charge is 2.22. The molecule has 3 heterocycles. The second-order valence-corrected chi connectivity index (χ2v) is 6.63. The molecule has 1 aliphatic heterocycles. The Morgan fingerprint density at radius 1 is 1.16 bits per heavy atom. The van der Waals surface area contributed by atoms with Crippen LogP contribution in [-0.4, -0.2) is 31.3 Å². The van der Waals surface area contributed by atoms with Crippen LogP contribution in [0.5, 0.6) is 0 Å². The van der Waals surface area contributed by atoms with Crippen molar-refractivity contribution in [3.63, 3.8) is 0 Å². The average Bonchev–Trinajstić information content (AvgIpc) is 2.92. The van der Waals surface area contributed by atoms with Crippen LogP contribution in [0.4, 0.5) is 0 Å². The van der Waals surface area contributed by atoms with Crippen molar-refractivity contribution in [1.82, 2.24) is 19.7 Å². The molecule has 1 aromatic carbocycles. The van der Waals surface area contributed by atoms with Crippen molar-refractivity contribution in [3.05, 3.63) is 71.7 Å². The van der Waals surface area contributed by atoms with E-state index in [-0.39, 0.29) is 6.10 Å². The molecule has 0 spiro atoms. The Hall–Kier alpha value is -2.50. The molecule has 0 aliphatic carbocycles. The molecule has 0 fully saturated rings. The van der Waals surface area contributed by atoms with Crippen LogP contribution in [0, 0.1) is 0 Å². The summed E-state index contributed by atoms with van der Waals surface area (Å²) in [7, 11) is 1.95. The molecule has 0 saturated heterocycles. The van der Waals surface area contributed by atoms with Gasteiger partial charge in [-0.15, -0.1) is 0 Å². The van der Waals surface area contributed by atoms with Crippen LogP contribution < -0.4 is 0 Å². The Labute approximate surface area is 147 Å². The van der Waals surface area contributed by atoms with Crippen LogP contribution in [0.2, 0.25) is 0 Å². The second-order valence-electron chi connectivity index (χ2n) is 6.63. The van der Waals surface area contributed by atoms with Crippen molar-refractivity contribution < 1.29 is 5.11 Å². The Bertz CT molecular complexity index is 859. The van der Waals surface area contributed by atoms with Gasteiger partial charge in [0.2, 0.25) is 0 Å². The molecule has 1 N–H and O–H groups in total. The molecule has 1 aliphatic rings. The van der Waals surface area contributed by atoms with Crippen LogP contribution in [-0.2, 0) is 20.1 Å². The van der Waals surface area contributed by atoms with Crippen LogP contribution in [0.25, 0.3) is 11.3 Å². The summed E-state index contributed by atoms with van der Waals surface area (Å²) in [5.74, 6) is 0. The zero-order valence-corrected chi connectivity index (χ0v) is 14.3. The average molecular weight is 334 g/mol. The summed E-state index contributed by atoms with van der Waals surface area (Å²) in [6.45, 7) is 2.52. The molecule has 25 heavy (non-hydrogen) atoms. The number of benzene rings is 1. The Morgan fingerprint density at radius 2 is 1.96 bits per heavy atom. The minimum absolute atomic E-state index is 0.380. The molecule has 1 unspecified atom stereocenters. The van der Waals surface area contributed by atoms with Crippen molar-refractivity contribution in [3.8, 4) is 11.3 Å². The summed E-state index contributed by atoms with van der Waals surface area (Å²) in [6, 6.07) is 12.2. The van der Waals surface area contributed by atoms with Gasteiger partial charge in [0.25, 0.3) is 0 Å². The lowest BCUT2D eigenvalue weighted by molar-refractivity contribution is 0.150. The number of aryl methyl sites for hydroxylation is 1. The van der Waals surface area contributed by atoms with Crippen molar-refractivity contribution in [2.24, 2.45) is 7.05 Å². The zero-order chi connectivity index (χ0) is 17.2. The van der Waals surface area contributed by atoms with Gasteiger partial charge >= 0.3 is 0 Å². The molecule has 0 bridgehead atoms. The molecular weight excluding hydrogens is 312 g/mol. The van der Waals surface area contributed by atoms with Gasteiger partial charge in [-0.2, -0.15) is 5.10 Å². The molecule has 5 nitrogen and oxygen atoms in total. The standard InChI is InChI=1S/C20H22N4O/c1-23-12-17(20(22-23)15-6-9-21-10-7-15)14-24-11-8-19(25)18-5-3-2-4-16(18)13-24/h2-7,9-10,12,19,25H,8,11,13-14H2,1H3. The highest BCUT2D eigenvalue weighted by atomic mass is 16.3. The van der Waals surface area contributed by atoms with E-state index in [2.05, 4.69) is 27.2 Å². The smallest absolute Gasteiger partial charge is 0.0969 e. The Kier molecular flexibility index (Phi) is 4.34. The van der Waals surface area contributed by atoms with Gasteiger partial charge in [-0.05, 0) is 29.7 Å². The summed E-state index contributed by atoms with van der Waals surface area (Å²) >= 11 is 0. The van der Waals surface area contributed by atoms with Crippen LogP contribution in [0.3, 0.4) is 0 Å². The van der Waals surface area contributed by atoms with Gasteiger partial charge in [-0.25, -0.2) is 0 Å². The lowest BCUT2D eigenvalue weighted by Crippen LogP contribution is -2.23. The SMILES string of the molecule is Cn1cc(CN2CCC(O)c3ccccc3C2)c(-c2ccncc2)n1. The van der Waals surface area contributed by atoms with Gasteiger partial charge < -0.3 is 5.11 Å². The maximum absolute atomic E-state index is 10.4. The third kappa shape index (κ3) is 3.34. The number of hydrogen-bond acceptors (Lipinski definition) is 4. The van der Waals surface area contributed by atoms with E-state index in [1.807, 2.05) is 42.1 Å². The fourth-order valence-electron chi connectivity index (χ4n) is 3.57. The summed E-state index contributed by atoms with van der Waals surface area (Å²) in [4.78, 5) is 6.48. The molecule has 128 valence electrons. The number of nitrogens with zero attached hydrogens (tertiary/aromatic N) is 4. The van der Waals surface area contributed by atoms with Crippen molar-refractivity contribution in [1.29, 1.82) is 0 Å². The summed E-state index contributed by atoms with van der Waals surface area (Å²) < 4.78 is 1.87. The Balaban J connectivity index is 1.61. The summed E-state index contributed by atoms with van der Waals surface area (Å²) in [5, 5.41) is 15.1. The quantitative estimate of drug-likeness (QED) is 0.800. The number of aliphatic hydroxyl groups excluding tert-OH is 1. The minimum Gasteiger partial charge on any atom is -0.388 e. The van der Waals surface area contributed by atoms with Crippen LogP contribution >= 0.6 is 0 Å². The maximum atomic E-state index is 10.4. The second kappa shape index (κ2) is 6.78. The van der Waals surface area contributed by atoms with Crippen molar-refractivity contribution in [2.45, 2.75) is 25.6 Å². The number of rotatable bonds is 3. The largest absolute Gasteiger partial charge is 0.388 e. The number of aliphatic hydroxyl groups is 1. The number of hydrogen-bond donors (Lipinski definition) is 1. The number of fused-ring (bicyclic) bond motifs is 1. The third-order valence-electron chi connectivity index (χ3n) is 4.78. The van der Waals surface area contributed by atoms with E-state index < -0.39 is 0 Å². The van der Waals surface area contributed by atoms with Crippen LogP contribution in [0.1, 0.15) is 29.2 Å². The summed E-state index contributed by atoms with van der Waals surface area (Å²) in [5.41, 5.74) is 5.55. The maximum Gasteiger partial charge on any atom is 0.0969 e. The first-order valence-electron chi connectivity index (χ1n) is 8.62. The lowest BCUT2D eigenvalue weighted by Gasteiger charge is -2.20. The van der Waals surface area contributed by atoms with E-state index in [9.17, 15) is 5.11 Å². The van der Waals surface area contributed by atoms with Gasteiger partial charge in [-0.3, -0.25) is 14.6 Å². The van der Waals surface area contributed by atoms with E-state index in [1.54, 1.807) is 12.4 Å². The monoisotopic (exact) mass is 334 g/mol. The molecule has 0 amide bonds. The molecule has 3 aromatic rings. The first-order valence-corrected chi connectivity index (χ1v) is 8.62. The molecule has 0 saturated carbocycles. The molecule has 4 rings (SSSR count). The normalized spacial score (nSPS) is 17.9. The topological polar surface area (TPSA) is 54.2 Å². The van der Waals surface area contributed by atoms with Gasteiger partial charge in [0.05, 0.1) is 11.8 Å². The first-order chi connectivity index (χ1) is 12.2. The fourth-order valence-corrected chi connectivity index (χ4v) is 3.57. The minimum atomic E-state index is -0.380. The highest BCUT2D eigenvalue weighted by molar-refractivity contribution is 5.61.